The van der Waals surface area contributed by atoms with E-state index in [1.165, 1.54) is 12.1 Å². The monoisotopic (exact) mass is 651 g/mol. The van der Waals surface area contributed by atoms with E-state index >= 15 is 0 Å². The summed E-state index contributed by atoms with van der Waals surface area (Å²) in [6.07, 6.45) is 29.6. The molecule has 0 aliphatic rings. The second kappa shape index (κ2) is 24.8. The average Bonchev–Trinajstić information content (AvgIpc) is 3.02. The van der Waals surface area contributed by atoms with Gasteiger partial charge < -0.3 is 30.1 Å². The smallest absolute Gasteiger partial charge is 0.309 e. The molecule has 0 saturated heterocycles. The summed E-state index contributed by atoms with van der Waals surface area (Å²) in [6, 6.07) is 4.40. The molecule has 1 aromatic rings. The minimum atomic E-state index is -1.04. The summed E-state index contributed by atoms with van der Waals surface area (Å²) in [7, 11) is 0. The van der Waals surface area contributed by atoms with Crippen molar-refractivity contribution in [1.29, 1.82) is 0 Å². The maximum absolute atomic E-state index is 12.9. The van der Waals surface area contributed by atoms with Gasteiger partial charge >= 0.3 is 11.9 Å². The maximum Gasteiger partial charge on any atom is 0.309 e. The Morgan fingerprint density at radius 2 is 1.34 bits per heavy atom. The van der Waals surface area contributed by atoms with Crippen LogP contribution < -0.4 is 5.32 Å². The zero-order valence-corrected chi connectivity index (χ0v) is 28.1. The molecule has 9 nitrogen and oxygen atoms in total. The third kappa shape index (κ3) is 20.4. The van der Waals surface area contributed by atoms with Gasteiger partial charge in [0, 0.05) is 12.0 Å². The van der Waals surface area contributed by atoms with Crippen LogP contribution in [0.3, 0.4) is 0 Å². The summed E-state index contributed by atoms with van der Waals surface area (Å²) in [5, 5.41) is 30.7. The Morgan fingerprint density at radius 3 is 1.85 bits per heavy atom. The van der Waals surface area contributed by atoms with E-state index in [0.717, 1.165) is 32.1 Å². The minimum absolute atomic E-state index is 0.0710. The molecular formula is C38H53NO8. The van der Waals surface area contributed by atoms with Crippen molar-refractivity contribution < 1.29 is 39.2 Å². The quantitative estimate of drug-likeness (QED) is 0.0519. The van der Waals surface area contributed by atoms with Gasteiger partial charge in [0.05, 0.1) is 26.1 Å². The normalized spacial score (nSPS) is 13.2. The number of carboxylic acids is 1. The Hall–Kier alpha value is -4.37. The molecular weight excluding hydrogens is 598 g/mol. The first-order valence-electron chi connectivity index (χ1n) is 16.2. The largest absolute Gasteiger partial charge is 0.504 e. The van der Waals surface area contributed by atoms with Gasteiger partial charge in [-0.25, -0.2) is 0 Å². The predicted octanol–water partition coefficient (Wildman–Crippen LogP) is 7.27. The molecule has 0 bridgehead atoms. The zero-order chi connectivity index (χ0) is 34.8. The van der Waals surface area contributed by atoms with Crippen molar-refractivity contribution >= 4 is 17.8 Å². The first-order chi connectivity index (χ1) is 22.6. The lowest BCUT2D eigenvalue weighted by atomic mass is 9.86. The fourth-order valence-electron chi connectivity index (χ4n) is 4.16. The highest BCUT2D eigenvalue weighted by molar-refractivity contribution is 5.82. The maximum atomic E-state index is 12.9. The van der Waals surface area contributed by atoms with Crippen LogP contribution in [-0.4, -0.2) is 59.0 Å². The van der Waals surface area contributed by atoms with Crippen LogP contribution in [0.2, 0.25) is 0 Å². The van der Waals surface area contributed by atoms with E-state index < -0.39 is 29.4 Å². The molecule has 0 radical (unpaired) electrons. The molecule has 1 aromatic carbocycles. The third-order valence-electron chi connectivity index (χ3n) is 6.79. The third-order valence-corrected chi connectivity index (χ3v) is 6.79. The Labute approximate surface area is 280 Å². The SMILES string of the molecule is CC/C=C\C/C=C\C/C=C\C/C=C\C/C=C\C/C=C\CC(=O)OCC(C)(C)C(OCCc1ccc(O)c(O)c1)C(=O)NCCC(=O)O. The van der Waals surface area contributed by atoms with E-state index in [-0.39, 0.29) is 44.1 Å². The van der Waals surface area contributed by atoms with Crippen molar-refractivity contribution in [3.05, 3.63) is 96.7 Å². The van der Waals surface area contributed by atoms with Crippen molar-refractivity contribution in [2.45, 2.75) is 84.7 Å². The van der Waals surface area contributed by atoms with Crippen LogP contribution in [0.5, 0.6) is 11.5 Å². The number of allylic oxidation sites excluding steroid dienone is 11. The number of benzene rings is 1. The van der Waals surface area contributed by atoms with Gasteiger partial charge in [0.2, 0.25) is 5.91 Å². The van der Waals surface area contributed by atoms with Crippen LogP contribution in [-0.2, 0) is 30.3 Å². The lowest BCUT2D eigenvalue weighted by molar-refractivity contribution is -0.156. The fraction of sp³-hybridized carbons (Fsp3) is 0.447. The van der Waals surface area contributed by atoms with E-state index in [1.54, 1.807) is 26.0 Å². The van der Waals surface area contributed by atoms with Gasteiger partial charge in [-0.15, -0.1) is 0 Å². The second-order valence-electron chi connectivity index (χ2n) is 11.5. The Kier molecular flexibility index (Phi) is 21.5. The van der Waals surface area contributed by atoms with Crippen LogP contribution >= 0.6 is 0 Å². The lowest BCUT2D eigenvalue weighted by Gasteiger charge is -2.32. The molecule has 0 aromatic heterocycles. The molecule has 9 heteroatoms. The number of amides is 1. The number of phenolic OH excluding ortho intramolecular Hbond substituents is 2. The Balaban J connectivity index is 2.45. The van der Waals surface area contributed by atoms with Crippen molar-refractivity contribution in [1.82, 2.24) is 5.32 Å². The van der Waals surface area contributed by atoms with Gasteiger partial charge in [0.15, 0.2) is 11.5 Å². The lowest BCUT2D eigenvalue weighted by Crippen LogP contribution is -2.48. The summed E-state index contributed by atoms with van der Waals surface area (Å²) < 4.78 is 11.4. The molecule has 258 valence electrons. The van der Waals surface area contributed by atoms with Crippen LogP contribution in [0, 0.1) is 5.41 Å². The zero-order valence-electron chi connectivity index (χ0n) is 28.1. The second-order valence-corrected chi connectivity index (χ2v) is 11.5. The molecule has 1 amide bonds. The van der Waals surface area contributed by atoms with Crippen molar-refractivity contribution in [3.63, 3.8) is 0 Å². The number of rotatable bonds is 24. The highest BCUT2D eigenvalue weighted by Crippen LogP contribution is 2.27. The fourth-order valence-corrected chi connectivity index (χ4v) is 4.16. The van der Waals surface area contributed by atoms with E-state index in [2.05, 4.69) is 66.9 Å². The number of carbonyl (C=O) groups excluding carboxylic acids is 2. The Morgan fingerprint density at radius 1 is 0.809 bits per heavy atom. The van der Waals surface area contributed by atoms with Gasteiger partial charge in [-0.05, 0) is 62.6 Å². The number of phenols is 2. The van der Waals surface area contributed by atoms with Crippen molar-refractivity contribution in [2.75, 3.05) is 19.8 Å². The number of nitrogens with one attached hydrogen (secondary N) is 1. The first kappa shape index (κ1) is 40.7. The number of carbonyl (C=O) groups is 3. The van der Waals surface area contributed by atoms with Crippen LogP contribution in [0.25, 0.3) is 0 Å². The topological polar surface area (TPSA) is 142 Å². The van der Waals surface area contributed by atoms with Crippen molar-refractivity contribution in [2.24, 2.45) is 5.41 Å². The summed E-state index contributed by atoms with van der Waals surface area (Å²) in [4.78, 5) is 36.2. The standard InChI is InChI=1S/C38H53NO8/c1-4-5-6-7-8-9-10-11-12-13-14-15-16-17-18-19-20-21-22-35(44)47-30-38(2,3)36(37(45)39-27-25-34(42)43)46-28-26-31-23-24-32(40)33(41)29-31/h5-6,8-9,11-12,14-15,17-18,20-21,23-24,29,36,40-41H,4,7,10,13,16,19,22,25-28,30H2,1-3H3,(H,39,45)(H,42,43)/b6-5-,9-8-,12-11-,15-14-,18-17-,21-20-. The summed E-state index contributed by atoms with van der Waals surface area (Å²) >= 11 is 0. The van der Waals surface area contributed by atoms with E-state index in [4.69, 9.17) is 14.6 Å². The molecule has 47 heavy (non-hydrogen) atoms. The summed E-state index contributed by atoms with van der Waals surface area (Å²) in [6.45, 7) is 5.52. The van der Waals surface area contributed by atoms with Gasteiger partial charge in [0.25, 0.3) is 0 Å². The molecule has 0 aliphatic carbocycles. The van der Waals surface area contributed by atoms with Gasteiger partial charge in [0.1, 0.15) is 6.10 Å². The number of carboxylic acid groups (broad SMARTS) is 1. The van der Waals surface area contributed by atoms with Crippen molar-refractivity contribution in [3.8, 4) is 11.5 Å². The van der Waals surface area contributed by atoms with Crippen LogP contribution in [0.4, 0.5) is 0 Å². The predicted molar refractivity (Wildman–Crippen MR) is 186 cm³/mol. The van der Waals surface area contributed by atoms with E-state index in [1.807, 2.05) is 12.2 Å². The molecule has 1 unspecified atom stereocenters. The van der Waals surface area contributed by atoms with Crippen LogP contribution in [0.15, 0.2) is 91.1 Å². The van der Waals surface area contributed by atoms with E-state index in [9.17, 15) is 24.6 Å². The number of esters is 1. The summed E-state index contributed by atoms with van der Waals surface area (Å²) in [5.74, 6) is -2.50. The molecule has 0 saturated carbocycles. The van der Waals surface area contributed by atoms with Gasteiger partial charge in [-0.2, -0.15) is 0 Å². The Bertz CT molecular complexity index is 1260. The number of hydrogen-bond acceptors (Lipinski definition) is 7. The minimum Gasteiger partial charge on any atom is -0.504 e. The first-order valence-corrected chi connectivity index (χ1v) is 16.2. The van der Waals surface area contributed by atoms with E-state index in [0.29, 0.717) is 18.4 Å². The molecule has 4 N–H and O–H groups in total. The number of aliphatic carboxylic acids is 1. The number of hydrogen-bond donors (Lipinski definition) is 4. The van der Waals surface area contributed by atoms with Gasteiger partial charge in [-0.1, -0.05) is 99.7 Å². The summed E-state index contributed by atoms with van der Waals surface area (Å²) in [5.41, 5.74) is -0.246. The molecule has 0 heterocycles. The molecule has 0 aliphatic heterocycles. The molecule has 0 fully saturated rings. The average molecular weight is 652 g/mol. The molecule has 1 atom stereocenters. The molecule has 0 spiro atoms. The number of aromatic hydroxyl groups is 2. The molecule has 1 rings (SSSR count). The van der Waals surface area contributed by atoms with Crippen LogP contribution in [0.1, 0.15) is 77.7 Å². The number of ether oxygens (including phenoxy) is 2. The van der Waals surface area contributed by atoms with Gasteiger partial charge in [-0.3, -0.25) is 14.4 Å². The highest BCUT2D eigenvalue weighted by Gasteiger charge is 2.37. The highest BCUT2D eigenvalue weighted by atomic mass is 16.5.